The van der Waals surface area contributed by atoms with E-state index in [1.807, 2.05) is 42.5 Å². The monoisotopic (exact) mass is 382 g/mol. The molecule has 28 heavy (non-hydrogen) atoms. The number of anilines is 2. The van der Waals surface area contributed by atoms with E-state index in [1.54, 1.807) is 6.07 Å². The number of carbonyl (C=O) groups is 1. The number of para-hydroxylation sites is 1. The number of nitrogens with zero attached hydrogens (tertiary/aromatic N) is 1. The first-order valence-corrected chi connectivity index (χ1v) is 10.1. The molecule has 1 N–H and O–H groups in total. The average molecular weight is 383 g/mol. The van der Waals surface area contributed by atoms with Crippen molar-refractivity contribution < 1.29 is 14.3 Å². The molecule has 1 fully saturated rings. The smallest absolute Gasteiger partial charge is 0.259 e. The van der Waals surface area contributed by atoms with E-state index < -0.39 is 0 Å². The SMILES string of the molecule is CCN(c1ccc(NC(=O)c2ccccc2OCC2CCCO2)cc1)C(C)C. The Morgan fingerprint density at radius 1 is 1.21 bits per heavy atom. The Labute approximate surface area is 167 Å². The second kappa shape index (κ2) is 9.60. The first-order valence-electron chi connectivity index (χ1n) is 10.1. The molecule has 3 rings (SSSR count). The van der Waals surface area contributed by atoms with Gasteiger partial charge in [-0.2, -0.15) is 0 Å². The van der Waals surface area contributed by atoms with Crippen molar-refractivity contribution in [1.82, 2.24) is 0 Å². The molecule has 0 aliphatic carbocycles. The van der Waals surface area contributed by atoms with Crippen molar-refractivity contribution in [2.75, 3.05) is 30.0 Å². The van der Waals surface area contributed by atoms with Crippen LogP contribution in [-0.4, -0.2) is 37.8 Å². The Morgan fingerprint density at radius 2 is 1.96 bits per heavy atom. The maximum Gasteiger partial charge on any atom is 0.259 e. The molecular weight excluding hydrogens is 352 g/mol. The fourth-order valence-corrected chi connectivity index (χ4v) is 3.52. The third kappa shape index (κ3) is 5.04. The maximum absolute atomic E-state index is 12.8. The van der Waals surface area contributed by atoms with Crippen LogP contribution in [-0.2, 0) is 4.74 Å². The van der Waals surface area contributed by atoms with Crippen LogP contribution in [0, 0.1) is 0 Å². The van der Waals surface area contributed by atoms with Gasteiger partial charge in [0.05, 0.1) is 11.7 Å². The fourth-order valence-electron chi connectivity index (χ4n) is 3.52. The van der Waals surface area contributed by atoms with Crippen molar-refractivity contribution in [3.8, 4) is 5.75 Å². The zero-order valence-corrected chi connectivity index (χ0v) is 17.0. The summed E-state index contributed by atoms with van der Waals surface area (Å²) >= 11 is 0. The highest BCUT2D eigenvalue weighted by Gasteiger charge is 2.18. The van der Waals surface area contributed by atoms with E-state index in [4.69, 9.17) is 9.47 Å². The predicted octanol–water partition coefficient (Wildman–Crippen LogP) is 4.73. The summed E-state index contributed by atoms with van der Waals surface area (Å²) in [6.45, 7) is 8.70. The third-order valence-electron chi connectivity index (χ3n) is 5.00. The first-order chi connectivity index (χ1) is 13.6. The van der Waals surface area contributed by atoms with Crippen molar-refractivity contribution in [3.05, 3.63) is 54.1 Å². The van der Waals surface area contributed by atoms with E-state index in [0.717, 1.165) is 37.4 Å². The lowest BCUT2D eigenvalue weighted by molar-refractivity contribution is 0.0673. The van der Waals surface area contributed by atoms with E-state index >= 15 is 0 Å². The Bertz CT molecular complexity index is 768. The minimum Gasteiger partial charge on any atom is -0.490 e. The molecule has 0 radical (unpaired) electrons. The molecule has 0 spiro atoms. The normalized spacial score (nSPS) is 16.2. The van der Waals surface area contributed by atoms with Crippen LogP contribution in [0.1, 0.15) is 44.0 Å². The van der Waals surface area contributed by atoms with Crippen LogP contribution in [0.25, 0.3) is 0 Å². The minimum absolute atomic E-state index is 0.117. The molecule has 5 nitrogen and oxygen atoms in total. The second-order valence-electron chi connectivity index (χ2n) is 7.32. The molecule has 0 aromatic heterocycles. The van der Waals surface area contributed by atoms with Crippen LogP contribution >= 0.6 is 0 Å². The summed E-state index contributed by atoms with van der Waals surface area (Å²) in [7, 11) is 0. The number of benzene rings is 2. The van der Waals surface area contributed by atoms with Crippen molar-refractivity contribution in [2.45, 2.75) is 45.8 Å². The van der Waals surface area contributed by atoms with Gasteiger partial charge in [0, 0.05) is 30.6 Å². The number of carbonyl (C=O) groups excluding carboxylic acids is 1. The van der Waals surface area contributed by atoms with Crippen molar-refractivity contribution in [2.24, 2.45) is 0 Å². The summed E-state index contributed by atoms with van der Waals surface area (Å²) in [6.07, 6.45) is 2.19. The number of amides is 1. The molecule has 1 amide bonds. The minimum atomic E-state index is -0.174. The Balaban J connectivity index is 1.66. The molecule has 5 heteroatoms. The number of hydrogen-bond acceptors (Lipinski definition) is 4. The molecule has 1 atom stereocenters. The standard InChI is InChI=1S/C23H30N2O3/c1-4-25(17(2)3)19-13-11-18(12-14-19)24-23(26)21-9-5-6-10-22(21)28-16-20-8-7-15-27-20/h5-6,9-14,17,20H,4,7-8,15-16H2,1-3H3,(H,24,26). The number of hydrogen-bond donors (Lipinski definition) is 1. The van der Waals surface area contributed by atoms with Crippen LogP contribution in [0.4, 0.5) is 11.4 Å². The quantitative estimate of drug-likeness (QED) is 0.717. The average Bonchev–Trinajstić information content (AvgIpc) is 3.22. The Kier molecular flexibility index (Phi) is 6.93. The van der Waals surface area contributed by atoms with Crippen LogP contribution in [0.2, 0.25) is 0 Å². The van der Waals surface area contributed by atoms with Crippen LogP contribution in [0.3, 0.4) is 0 Å². The van der Waals surface area contributed by atoms with Gasteiger partial charge >= 0.3 is 0 Å². The molecule has 2 aromatic rings. The number of ether oxygens (including phenoxy) is 2. The van der Waals surface area contributed by atoms with Gasteiger partial charge in [0.2, 0.25) is 0 Å². The molecule has 2 aromatic carbocycles. The fraction of sp³-hybridized carbons (Fsp3) is 0.435. The van der Waals surface area contributed by atoms with Gasteiger partial charge < -0.3 is 19.7 Å². The predicted molar refractivity (Wildman–Crippen MR) is 113 cm³/mol. The highest BCUT2D eigenvalue weighted by Crippen LogP contribution is 2.23. The van der Waals surface area contributed by atoms with Crippen molar-refractivity contribution >= 4 is 17.3 Å². The summed E-state index contributed by atoms with van der Waals surface area (Å²) in [5, 5.41) is 2.97. The molecule has 1 aliphatic heterocycles. The van der Waals surface area contributed by atoms with Crippen LogP contribution in [0.15, 0.2) is 48.5 Å². The third-order valence-corrected chi connectivity index (χ3v) is 5.00. The zero-order valence-electron chi connectivity index (χ0n) is 17.0. The second-order valence-corrected chi connectivity index (χ2v) is 7.32. The van der Waals surface area contributed by atoms with E-state index in [0.29, 0.717) is 24.0 Å². The first kappa shape index (κ1) is 20.2. The maximum atomic E-state index is 12.8. The Hall–Kier alpha value is -2.53. The largest absolute Gasteiger partial charge is 0.490 e. The molecule has 1 heterocycles. The summed E-state index contributed by atoms with van der Waals surface area (Å²) in [5.41, 5.74) is 2.44. The van der Waals surface area contributed by atoms with Crippen LogP contribution in [0.5, 0.6) is 5.75 Å². The van der Waals surface area contributed by atoms with E-state index in [9.17, 15) is 4.79 Å². The lowest BCUT2D eigenvalue weighted by Crippen LogP contribution is -2.30. The summed E-state index contributed by atoms with van der Waals surface area (Å²) in [5.74, 6) is 0.413. The molecular formula is C23H30N2O3. The molecule has 150 valence electrons. The highest BCUT2D eigenvalue weighted by atomic mass is 16.5. The number of rotatable bonds is 8. The van der Waals surface area contributed by atoms with Crippen molar-refractivity contribution in [3.63, 3.8) is 0 Å². The highest BCUT2D eigenvalue weighted by molar-refractivity contribution is 6.06. The van der Waals surface area contributed by atoms with Gasteiger partial charge in [-0.1, -0.05) is 12.1 Å². The topological polar surface area (TPSA) is 50.8 Å². The molecule has 1 unspecified atom stereocenters. The molecule has 0 bridgehead atoms. The van der Waals surface area contributed by atoms with E-state index in [2.05, 4.69) is 31.0 Å². The number of nitrogens with one attached hydrogen (secondary N) is 1. The molecule has 1 aliphatic rings. The summed E-state index contributed by atoms with van der Waals surface area (Å²) in [4.78, 5) is 15.1. The molecule has 0 saturated carbocycles. The Morgan fingerprint density at radius 3 is 2.61 bits per heavy atom. The van der Waals surface area contributed by atoms with Crippen LogP contribution < -0.4 is 15.0 Å². The van der Waals surface area contributed by atoms with Gasteiger partial charge in [0.15, 0.2) is 0 Å². The van der Waals surface area contributed by atoms with Gasteiger partial charge in [-0.05, 0) is 70.0 Å². The van der Waals surface area contributed by atoms with Gasteiger partial charge in [-0.15, -0.1) is 0 Å². The molecule has 1 saturated heterocycles. The van der Waals surface area contributed by atoms with Crippen molar-refractivity contribution in [1.29, 1.82) is 0 Å². The van der Waals surface area contributed by atoms with Gasteiger partial charge in [-0.3, -0.25) is 4.79 Å². The van der Waals surface area contributed by atoms with Gasteiger partial charge in [0.1, 0.15) is 12.4 Å². The summed E-state index contributed by atoms with van der Waals surface area (Å²) < 4.78 is 11.5. The lowest BCUT2D eigenvalue weighted by Gasteiger charge is -2.27. The van der Waals surface area contributed by atoms with E-state index in [-0.39, 0.29) is 12.0 Å². The van der Waals surface area contributed by atoms with E-state index in [1.165, 1.54) is 0 Å². The summed E-state index contributed by atoms with van der Waals surface area (Å²) in [6, 6.07) is 15.7. The van der Waals surface area contributed by atoms with Gasteiger partial charge in [-0.25, -0.2) is 0 Å². The zero-order chi connectivity index (χ0) is 19.9. The van der Waals surface area contributed by atoms with Gasteiger partial charge in [0.25, 0.3) is 5.91 Å². The lowest BCUT2D eigenvalue weighted by atomic mass is 10.1.